The van der Waals surface area contributed by atoms with E-state index in [2.05, 4.69) is 4.90 Å². The number of nitrogens with zero attached hydrogens (tertiary/aromatic N) is 1. The van der Waals surface area contributed by atoms with Crippen molar-refractivity contribution < 1.29 is 0 Å². The van der Waals surface area contributed by atoms with E-state index in [9.17, 15) is 0 Å². The number of hydrogen-bond acceptors (Lipinski definition) is 2. The highest BCUT2D eigenvalue weighted by molar-refractivity contribution is 6.38. The highest BCUT2D eigenvalue weighted by atomic mass is 35.5. The van der Waals surface area contributed by atoms with Crippen LogP contribution in [0.3, 0.4) is 0 Å². The Morgan fingerprint density at radius 1 is 1.00 bits per heavy atom. The van der Waals surface area contributed by atoms with Crippen LogP contribution in [-0.4, -0.2) is 18.0 Å². The van der Waals surface area contributed by atoms with Gasteiger partial charge < -0.3 is 5.73 Å². The minimum atomic E-state index is 0.487. The molecule has 2 fully saturated rings. The number of nitrogen functional groups attached to an aromatic ring is 1. The van der Waals surface area contributed by atoms with Crippen LogP contribution >= 0.6 is 23.2 Å². The molecule has 2 N–H and O–H groups in total. The van der Waals surface area contributed by atoms with E-state index in [1.807, 2.05) is 12.1 Å². The molecule has 1 aromatic carbocycles. The summed E-state index contributed by atoms with van der Waals surface area (Å²) in [5.74, 6) is 0. The van der Waals surface area contributed by atoms with Gasteiger partial charge in [-0.3, -0.25) is 4.90 Å². The molecule has 1 saturated carbocycles. The summed E-state index contributed by atoms with van der Waals surface area (Å²) >= 11 is 12.2. The first-order valence-corrected chi connectivity index (χ1v) is 8.29. The summed E-state index contributed by atoms with van der Waals surface area (Å²) in [6.45, 7) is 3.31. The minimum Gasteiger partial charge on any atom is -0.396 e. The van der Waals surface area contributed by atoms with Gasteiger partial charge in [0.2, 0.25) is 0 Å². The van der Waals surface area contributed by atoms with Crippen molar-refractivity contribution >= 4 is 28.9 Å². The smallest absolute Gasteiger partial charge is 0.0693 e. The molecule has 1 spiro atoms. The predicted molar refractivity (Wildman–Crippen MR) is 86.3 cm³/mol. The van der Waals surface area contributed by atoms with Crippen LogP contribution in [0.5, 0.6) is 0 Å². The van der Waals surface area contributed by atoms with Crippen LogP contribution in [0.1, 0.15) is 44.1 Å². The third-order valence-corrected chi connectivity index (χ3v) is 5.75. The second-order valence-corrected chi connectivity index (χ2v) is 7.27. The Morgan fingerprint density at radius 3 is 2.10 bits per heavy atom. The fourth-order valence-electron chi connectivity index (χ4n) is 3.80. The lowest BCUT2D eigenvalue weighted by molar-refractivity contribution is 0.103. The quantitative estimate of drug-likeness (QED) is 0.800. The summed E-state index contributed by atoms with van der Waals surface area (Å²) in [4.78, 5) is 2.52. The Morgan fingerprint density at radius 2 is 1.55 bits per heavy atom. The zero-order valence-corrected chi connectivity index (χ0v) is 13.3. The lowest BCUT2D eigenvalue weighted by atomic mass is 9.77. The Hall–Kier alpha value is -0.440. The predicted octanol–water partition coefficient (Wildman–Crippen LogP) is 4.73. The molecule has 1 aliphatic carbocycles. The van der Waals surface area contributed by atoms with E-state index in [4.69, 9.17) is 28.9 Å². The van der Waals surface area contributed by atoms with Crippen LogP contribution in [0.2, 0.25) is 10.0 Å². The van der Waals surface area contributed by atoms with Gasteiger partial charge in [-0.2, -0.15) is 0 Å². The maximum atomic E-state index is 6.11. The summed E-state index contributed by atoms with van der Waals surface area (Å²) in [6, 6.07) is 3.89. The van der Waals surface area contributed by atoms with Crippen LogP contribution in [-0.2, 0) is 6.54 Å². The zero-order chi connectivity index (χ0) is 14.2. The van der Waals surface area contributed by atoms with E-state index in [-0.39, 0.29) is 0 Å². The summed E-state index contributed by atoms with van der Waals surface area (Å²) in [6.07, 6.45) is 8.46. The number of nitrogens with two attached hydrogens (primary N) is 1. The maximum Gasteiger partial charge on any atom is 0.0693 e. The summed E-state index contributed by atoms with van der Waals surface area (Å²) in [5, 5.41) is 1.13. The Balaban J connectivity index is 1.62. The first-order chi connectivity index (χ1) is 9.58. The molecular weight excluding hydrogens is 291 g/mol. The molecule has 20 heavy (non-hydrogen) atoms. The Kier molecular flexibility index (Phi) is 4.16. The molecule has 1 heterocycles. The number of hydrogen-bond donors (Lipinski definition) is 1. The van der Waals surface area contributed by atoms with Crippen LogP contribution < -0.4 is 5.73 Å². The first-order valence-electron chi connectivity index (χ1n) is 7.54. The molecule has 0 atom stereocenters. The van der Waals surface area contributed by atoms with E-state index in [0.29, 0.717) is 21.1 Å². The van der Waals surface area contributed by atoms with Gasteiger partial charge in [-0.25, -0.2) is 0 Å². The van der Waals surface area contributed by atoms with Gasteiger partial charge in [0.15, 0.2) is 0 Å². The van der Waals surface area contributed by atoms with Gasteiger partial charge in [-0.1, -0.05) is 36.0 Å². The Bertz CT molecular complexity index is 462. The van der Waals surface area contributed by atoms with Gasteiger partial charge in [0.25, 0.3) is 0 Å². The van der Waals surface area contributed by atoms with Gasteiger partial charge in [0, 0.05) is 6.54 Å². The van der Waals surface area contributed by atoms with Crippen LogP contribution in [0.15, 0.2) is 12.1 Å². The van der Waals surface area contributed by atoms with Gasteiger partial charge in [-0.15, -0.1) is 0 Å². The number of rotatable bonds is 2. The van der Waals surface area contributed by atoms with Crippen molar-refractivity contribution in [3.8, 4) is 0 Å². The molecule has 2 nitrogen and oxygen atoms in total. The topological polar surface area (TPSA) is 29.3 Å². The zero-order valence-electron chi connectivity index (χ0n) is 11.8. The van der Waals surface area contributed by atoms with E-state index < -0.39 is 0 Å². The van der Waals surface area contributed by atoms with Crippen LogP contribution in [0, 0.1) is 5.41 Å². The van der Waals surface area contributed by atoms with Crippen molar-refractivity contribution in [2.24, 2.45) is 5.41 Å². The molecule has 110 valence electrons. The molecule has 3 rings (SSSR count). The summed E-state index contributed by atoms with van der Waals surface area (Å²) in [5.41, 5.74) is 8.11. The minimum absolute atomic E-state index is 0.487. The molecule has 1 aliphatic heterocycles. The number of likely N-dealkylation sites (tertiary alicyclic amines) is 1. The van der Waals surface area contributed by atoms with Crippen LogP contribution in [0.4, 0.5) is 5.69 Å². The molecule has 0 unspecified atom stereocenters. The summed E-state index contributed by atoms with van der Waals surface area (Å²) < 4.78 is 0. The molecule has 2 aliphatic rings. The first kappa shape index (κ1) is 14.5. The van der Waals surface area contributed by atoms with E-state index in [1.165, 1.54) is 51.6 Å². The van der Waals surface area contributed by atoms with Crippen molar-refractivity contribution in [2.75, 3.05) is 18.8 Å². The SMILES string of the molecule is Nc1c(Cl)cc(CN2CCC3(CCCC3)CC2)cc1Cl. The summed E-state index contributed by atoms with van der Waals surface area (Å²) in [7, 11) is 0. The molecular formula is C16H22Cl2N2. The second kappa shape index (κ2) is 5.75. The van der Waals surface area contributed by atoms with Gasteiger partial charge >= 0.3 is 0 Å². The average molecular weight is 313 g/mol. The average Bonchev–Trinajstić information content (AvgIpc) is 2.87. The molecule has 1 saturated heterocycles. The number of halogens is 2. The van der Waals surface area contributed by atoms with Gasteiger partial charge in [-0.05, 0) is 61.9 Å². The third kappa shape index (κ3) is 2.93. The number of piperidine rings is 1. The lowest BCUT2D eigenvalue weighted by Crippen LogP contribution is -2.38. The van der Waals surface area contributed by atoms with Crippen LogP contribution in [0.25, 0.3) is 0 Å². The highest BCUT2D eigenvalue weighted by Gasteiger charge is 2.36. The fourth-order valence-corrected chi connectivity index (χ4v) is 4.33. The lowest BCUT2D eigenvalue weighted by Gasteiger charge is -2.39. The number of benzene rings is 1. The van der Waals surface area contributed by atoms with Crippen molar-refractivity contribution in [1.82, 2.24) is 4.90 Å². The van der Waals surface area contributed by atoms with E-state index >= 15 is 0 Å². The molecule has 1 aromatic rings. The van der Waals surface area contributed by atoms with E-state index in [1.54, 1.807) is 0 Å². The van der Waals surface area contributed by atoms with Crippen molar-refractivity contribution in [3.05, 3.63) is 27.7 Å². The normalized spacial score (nSPS) is 22.5. The Labute approximate surface area is 131 Å². The van der Waals surface area contributed by atoms with Crippen molar-refractivity contribution in [3.63, 3.8) is 0 Å². The maximum absolute atomic E-state index is 6.11. The highest BCUT2D eigenvalue weighted by Crippen LogP contribution is 2.46. The largest absolute Gasteiger partial charge is 0.396 e. The van der Waals surface area contributed by atoms with Gasteiger partial charge in [0.1, 0.15) is 0 Å². The second-order valence-electron chi connectivity index (χ2n) is 6.46. The standard InChI is InChI=1S/C16H22Cl2N2/c17-13-9-12(10-14(18)15(13)19)11-20-7-5-16(6-8-20)3-1-2-4-16/h9-10H,1-8,11,19H2. The molecule has 0 radical (unpaired) electrons. The molecule has 0 aromatic heterocycles. The number of anilines is 1. The van der Waals surface area contributed by atoms with E-state index in [0.717, 1.165) is 12.1 Å². The van der Waals surface area contributed by atoms with Crippen molar-refractivity contribution in [1.29, 1.82) is 0 Å². The molecule has 0 bridgehead atoms. The molecule has 0 amide bonds. The fraction of sp³-hybridized carbons (Fsp3) is 0.625. The monoisotopic (exact) mass is 312 g/mol. The molecule has 4 heteroatoms. The van der Waals surface area contributed by atoms with Crippen molar-refractivity contribution in [2.45, 2.75) is 45.1 Å². The third-order valence-electron chi connectivity index (χ3n) is 5.13. The van der Waals surface area contributed by atoms with Gasteiger partial charge in [0.05, 0.1) is 15.7 Å².